The highest BCUT2D eigenvalue weighted by molar-refractivity contribution is 5.79. The Morgan fingerprint density at radius 3 is 2.50 bits per heavy atom. The predicted molar refractivity (Wildman–Crippen MR) is 70.9 cm³/mol. The van der Waals surface area contributed by atoms with Gasteiger partial charge in [-0.05, 0) is 25.5 Å². The van der Waals surface area contributed by atoms with Gasteiger partial charge in [-0.2, -0.15) is 0 Å². The van der Waals surface area contributed by atoms with Gasteiger partial charge in [-0.1, -0.05) is 24.8 Å². The zero-order valence-corrected chi connectivity index (χ0v) is 9.70. The molecule has 84 valence electrons. The van der Waals surface area contributed by atoms with Crippen LogP contribution in [0.25, 0.3) is 5.57 Å². The van der Waals surface area contributed by atoms with E-state index in [4.69, 9.17) is 11.5 Å². The largest absolute Gasteiger partial charge is 0.398 e. The van der Waals surface area contributed by atoms with E-state index < -0.39 is 0 Å². The van der Waals surface area contributed by atoms with Crippen molar-refractivity contribution >= 4 is 17.5 Å². The molecule has 3 heteroatoms. The van der Waals surface area contributed by atoms with Gasteiger partial charge in [0.2, 0.25) is 0 Å². The molecule has 0 radical (unpaired) electrons. The van der Waals surface area contributed by atoms with E-state index >= 15 is 0 Å². The summed E-state index contributed by atoms with van der Waals surface area (Å²) < 4.78 is 0. The molecule has 4 N–H and O–H groups in total. The monoisotopic (exact) mass is 215 g/mol. The summed E-state index contributed by atoms with van der Waals surface area (Å²) in [7, 11) is 0. The Balaban J connectivity index is 3.35. The van der Waals surface area contributed by atoms with Crippen molar-refractivity contribution in [3.05, 3.63) is 47.8 Å². The van der Waals surface area contributed by atoms with Crippen molar-refractivity contribution < 1.29 is 0 Å². The number of nitrogens with two attached hydrogens (primary N) is 2. The molecule has 0 atom stereocenters. The van der Waals surface area contributed by atoms with Gasteiger partial charge < -0.3 is 11.5 Å². The van der Waals surface area contributed by atoms with E-state index in [9.17, 15) is 0 Å². The molecule has 1 aromatic carbocycles. The van der Waals surface area contributed by atoms with Gasteiger partial charge in [-0.3, -0.25) is 4.99 Å². The van der Waals surface area contributed by atoms with Crippen molar-refractivity contribution in [3.8, 4) is 0 Å². The Morgan fingerprint density at radius 1 is 1.38 bits per heavy atom. The van der Waals surface area contributed by atoms with Crippen LogP contribution in [0.15, 0.2) is 47.2 Å². The van der Waals surface area contributed by atoms with Crippen LogP contribution in [0.2, 0.25) is 0 Å². The summed E-state index contributed by atoms with van der Waals surface area (Å²) in [5.74, 6) is 0. The van der Waals surface area contributed by atoms with Crippen molar-refractivity contribution in [3.63, 3.8) is 0 Å². The van der Waals surface area contributed by atoms with Crippen molar-refractivity contribution in [2.24, 2.45) is 10.7 Å². The molecule has 1 rings (SSSR count). The Kier molecular flexibility index (Phi) is 3.89. The molecule has 16 heavy (non-hydrogen) atoms. The van der Waals surface area contributed by atoms with Gasteiger partial charge in [0.05, 0.1) is 11.4 Å². The van der Waals surface area contributed by atoms with Crippen LogP contribution in [0.5, 0.6) is 0 Å². The van der Waals surface area contributed by atoms with Gasteiger partial charge in [-0.25, -0.2) is 0 Å². The lowest BCUT2D eigenvalue weighted by molar-refractivity contribution is 1.25. The van der Waals surface area contributed by atoms with Crippen LogP contribution in [0, 0.1) is 0 Å². The molecule has 0 unspecified atom stereocenters. The number of nitrogens with zero attached hydrogens (tertiary/aromatic N) is 1. The number of anilines is 1. The average molecular weight is 215 g/mol. The number of hydrogen-bond acceptors (Lipinski definition) is 3. The molecule has 0 aliphatic rings. The fourth-order valence-electron chi connectivity index (χ4n) is 1.52. The van der Waals surface area contributed by atoms with Crippen LogP contribution in [0.1, 0.15) is 19.4 Å². The van der Waals surface area contributed by atoms with E-state index in [-0.39, 0.29) is 0 Å². The van der Waals surface area contributed by atoms with E-state index in [0.29, 0.717) is 17.1 Å². The summed E-state index contributed by atoms with van der Waals surface area (Å²) in [6.45, 7) is 7.49. The molecule has 0 fully saturated rings. The highest BCUT2D eigenvalue weighted by Gasteiger charge is 2.07. The SMILES string of the molecule is C=C(N)/C(N=CC)=C(/C)c1ccccc1N. The van der Waals surface area contributed by atoms with E-state index in [1.165, 1.54) is 0 Å². The molecule has 0 aromatic heterocycles. The summed E-state index contributed by atoms with van der Waals surface area (Å²) in [5, 5.41) is 0. The van der Waals surface area contributed by atoms with E-state index in [1.807, 2.05) is 38.1 Å². The lowest BCUT2D eigenvalue weighted by Crippen LogP contribution is -2.01. The minimum Gasteiger partial charge on any atom is -0.398 e. The molecule has 0 aliphatic carbocycles. The van der Waals surface area contributed by atoms with E-state index in [1.54, 1.807) is 6.21 Å². The molecule has 0 bridgehead atoms. The second-order valence-electron chi connectivity index (χ2n) is 3.47. The summed E-state index contributed by atoms with van der Waals surface area (Å²) in [6.07, 6.45) is 1.69. The van der Waals surface area contributed by atoms with Crippen molar-refractivity contribution in [2.75, 3.05) is 5.73 Å². The Morgan fingerprint density at radius 2 is 2.00 bits per heavy atom. The normalized spacial score (nSPS) is 12.6. The number of nitrogen functional groups attached to an aromatic ring is 1. The van der Waals surface area contributed by atoms with Gasteiger partial charge in [-0.15, -0.1) is 0 Å². The summed E-state index contributed by atoms with van der Waals surface area (Å²) in [5.41, 5.74) is 15.3. The molecule has 0 heterocycles. The molecule has 0 spiro atoms. The number of aliphatic imine (C=N–C) groups is 1. The summed E-state index contributed by atoms with van der Waals surface area (Å²) in [6, 6.07) is 7.62. The third-order valence-electron chi connectivity index (χ3n) is 2.28. The Bertz CT molecular complexity index is 456. The number of allylic oxidation sites excluding steroid dienone is 1. The lowest BCUT2D eigenvalue weighted by Gasteiger charge is -2.10. The van der Waals surface area contributed by atoms with Crippen LogP contribution >= 0.6 is 0 Å². The second-order valence-corrected chi connectivity index (χ2v) is 3.47. The fourth-order valence-corrected chi connectivity index (χ4v) is 1.52. The van der Waals surface area contributed by atoms with Crippen molar-refractivity contribution in [2.45, 2.75) is 13.8 Å². The van der Waals surface area contributed by atoms with Crippen LogP contribution in [-0.4, -0.2) is 6.21 Å². The Labute approximate surface area is 96.2 Å². The standard InChI is InChI=1S/C13H17N3/c1-4-16-13(10(3)14)9(2)11-7-5-6-8-12(11)15/h4-8H,3,14-15H2,1-2H3/b13-9+,16-4?. The first-order chi connectivity index (χ1) is 7.57. The molecule has 0 saturated heterocycles. The Hall–Kier alpha value is -2.03. The van der Waals surface area contributed by atoms with Gasteiger partial charge in [0.15, 0.2) is 0 Å². The molecule has 1 aromatic rings. The van der Waals surface area contributed by atoms with E-state index in [0.717, 1.165) is 11.1 Å². The van der Waals surface area contributed by atoms with Gasteiger partial charge in [0.25, 0.3) is 0 Å². The van der Waals surface area contributed by atoms with Crippen LogP contribution in [0.4, 0.5) is 5.69 Å². The van der Waals surface area contributed by atoms with Gasteiger partial charge in [0.1, 0.15) is 0 Å². The minimum absolute atomic E-state index is 0.443. The third kappa shape index (κ3) is 2.51. The van der Waals surface area contributed by atoms with Gasteiger partial charge in [0, 0.05) is 17.5 Å². The lowest BCUT2D eigenvalue weighted by atomic mass is 10.0. The maximum Gasteiger partial charge on any atom is 0.0884 e. The zero-order chi connectivity index (χ0) is 12.1. The molecule has 0 amide bonds. The van der Waals surface area contributed by atoms with E-state index in [2.05, 4.69) is 11.6 Å². The quantitative estimate of drug-likeness (QED) is 0.462. The molecule has 3 nitrogen and oxygen atoms in total. The van der Waals surface area contributed by atoms with Crippen LogP contribution in [-0.2, 0) is 0 Å². The van der Waals surface area contributed by atoms with Crippen molar-refractivity contribution in [1.29, 1.82) is 0 Å². The number of benzene rings is 1. The maximum atomic E-state index is 5.90. The summed E-state index contributed by atoms with van der Waals surface area (Å²) in [4.78, 5) is 4.22. The molecular weight excluding hydrogens is 198 g/mol. The van der Waals surface area contributed by atoms with Crippen LogP contribution < -0.4 is 11.5 Å². The minimum atomic E-state index is 0.443. The number of para-hydroxylation sites is 1. The predicted octanol–water partition coefficient (Wildman–Crippen LogP) is 2.56. The highest BCUT2D eigenvalue weighted by atomic mass is 14.8. The average Bonchev–Trinajstić information content (AvgIpc) is 2.25. The van der Waals surface area contributed by atoms with Gasteiger partial charge >= 0.3 is 0 Å². The topological polar surface area (TPSA) is 64.4 Å². The third-order valence-corrected chi connectivity index (χ3v) is 2.28. The fraction of sp³-hybridized carbons (Fsp3) is 0.154. The molecule has 0 saturated carbocycles. The first-order valence-corrected chi connectivity index (χ1v) is 5.07. The van der Waals surface area contributed by atoms with Crippen LogP contribution in [0.3, 0.4) is 0 Å². The molecular formula is C13H17N3. The number of hydrogen-bond donors (Lipinski definition) is 2. The summed E-state index contributed by atoms with van der Waals surface area (Å²) >= 11 is 0. The highest BCUT2D eigenvalue weighted by Crippen LogP contribution is 2.26. The smallest absolute Gasteiger partial charge is 0.0884 e. The van der Waals surface area contributed by atoms with Crippen molar-refractivity contribution in [1.82, 2.24) is 0 Å². The zero-order valence-electron chi connectivity index (χ0n) is 9.70. The first-order valence-electron chi connectivity index (χ1n) is 5.07. The molecule has 0 aliphatic heterocycles. The first kappa shape index (κ1) is 12.0. The second kappa shape index (κ2) is 5.16. The number of rotatable bonds is 3. The maximum absolute atomic E-state index is 5.90.